The average molecular weight is 346 g/mol. The molecule has 25 heavy (non-hydrogen) atoms. The second-order valence-corrected chi connectivity index (χ2v) is 7.56. The number of piperidine rings is 1. The van der Waals surface area contributed by atoms with Crippen LogP contribution in [0.25, 0.3) is 0 Å². The van der Waals surface area contributed by atoms with E-state index in [2.05, 4.69) is 15.6 Å². The van der Waals surface area contributed by atoms with Gasteiger partial charge in [0.05, 0.1) is 19.1 Å². The van der Waals surface area contributed by atoms with E-state index in [1.54, 1.807) is 11.0 Å². The molecule has 2 heterocycles. The molecule has 3 aliphatic rings. The molecule has 0 aromatic heterocycles. The van der Waals surface area contributed by atoms with Crippen LogP contribution in [0.5, 0.6) is 0 Å². The highest BCUT2D eigenvalue weighted by atomic mass is 19.1. The molecule has 0 atom stereocenters. The van der Waals surface area contributed by atoms with E-state index in [9.17, 15) is 9.18 Å². The number of aliphatic imine (C=N–C) groups is 1. The Labute approximate surface area is 147 Å². The first kappa shape index (κ1) is 16.7. The van der Waals surface area contributed by atoms with Crippen LogP contribution in [0.2, 0.25) is 0 Å². The largest absolute Gasteiger partial charge is 0.353 e. The van der Waals surface area contributed by atoms with Gasteiger partial charge in [-0.1, -0.05) is 12.5 Å². The normalized spacial score (nSPS) is 24.0. The fourth-order valence-corrected chi connectivity index (χ4v) is 4.67. The molecule has 4 N–H and O–H groups in total. The van der Waals surface area contributed by atoms with Crippen LogP contribution in [0.15, 0.2) is 29.3 Å². The number of anilines is 1. The molecule has 1 aliphatic carbocycles. The minimum atomic E-state index is -0.392. The fraction of sp³-hybridized carbons (Fsp3) is 0.579. The van der Waals surface area contributed by atoms with Gasteiger partial charge in [0.25, 0.3) is 0 Å². The maximum Gasteiger partial charge on any atom is 0.353 e. The number of hydrogen-bond donors (Lipinski definition) is 2. The summed E-state index contributed by atoms with van der Waals surface area (Å²) in [6.45, 7) is 1.94. The van der Waals surface area contributed by atoms with Crippen LogP contribution in [-0.4, -0.2) is 36.5 Å². The van der Waals surface area contributed by atoms with Gasteiger partial charge < -0.3 is 5.32 Å². The number of urea groups is 1. The number of benzene rings is 1. The summed E-state index contributed by atoms with van der Waals surface area (Å²) in [6, 6.07) is 6.65. The maximum atomic E-state index is 13.8. The van der Waals surface area contributed by atoms with Crippen LogP contribution in [0, 0.1) is 5.82 Å². The molecule has 0 radical (unpaired) electrons. The number of hydrogen-bond acceptors (Lipinski definition) is 1. The Balaban J connectivity index is 1.66. The lowest BCUT2D eigenvalue weighted by molar-refractivity contribution is -0.666. The zero-order valence-corrected chi connectivity index (χ0v) is 14.6. The molecular weight excluding hydrogens is 319 g/mol. The Hall–Kier alpha value is -1.79. The number of rotatable bonds is 2. The first-order valence-corrected chi connectivity index (χ1v) is 9.54. The van der Waals surface area contributed by atoms with Crippen molar-refractivity contribution >= 4 is 17.6 Å². The number of carbonyl (C=O) groups is 1. The van der Waals surface area contributed by atoms with Crippen molar-refractivity contribution in [1.82, 2.24) is 0 Å². The third-order valence-electron chi connectivity index (χ3n) is 5.95. The zero-order valence-electron chi connectivity index (χ0n) is 14.6. The lowest BCUT2D eigenvalue weighted by atomic mass is 9.84. The highest BCUT2D eigenvalue weighted by Gasteiger charge is 2.55. The molecule has 1 aromatic rings. The summed E-state index contributed by atoms with van der Waals surface area (Å²) in [5.41, 5.74) is 0.236. The summed E-state index contributed by atoms with van der Waals surface area (Å²) in [7, 11) is 0. The van der Waals surface area contributed by atoms with Gasteiger partial charge in [0.1, 0.15) is 5.82 Å². The number of nitrogens with two attached hydrogens (primary N) is 2. The molecule has 2 fully saturated rings. The van der Waals surface area contributed by atoms with E-state index in [0.29, 0.717) is 11.7 Å². The van der Waals surface area contributed by atoms with Crippen LogP contribution in [0.1, 0.15) is 44.9 Å². The number of carbonyl (C=O) groups excluding carboxylic acids is 1. The zero-order chi connectivity index (χ0) is 17.3. The van der Waals surface area contributed by atoms with Crippen molar-refractivity contribution in [3.05, 3.63) is 30.1 Å². The molecular formula is C19H27FN4O+2. The smallest absolute Gasteiger partial charge is 0.346 e. The third-order valence-corrected chi connectivity index (χ3v) is 5.95. The Morgan fingerprint density at radius 3 is 2.68 bits per heavy atom. The molecule has 134 valence electrons. The van der Waals surface area contributed by atoms with Crippen molar-refractivity contribution < 1.29 is 19.8 Å². The van der Waals surface area contributed by atoms with Gasteiger partial charge in [-0.05, 0) is 43.9 Å². The van der Waals surface area contributed by atoms with Gasteiger partial charge in [0.15, 0.2) is 5.54 Å². The van der Waals surface area contributed by atoms with Crippen LogP contribution in [0.3, 0.4) is 0 Å². The number of quaternary nitrogens is 2. The molecule has 1 aromatic carbocycles. The summed E-state index contributed by atoms with van der Waals surface area (Å²) < 4.78 is 13.8. The van der Waals surface area contributed by atoms with E-state index in [1.165, 1.54) is 44.2 Å². The van der Waals surface area contributed by atoms with Crippen LogP contribution >= 0.6 is 0 Å². The minimum absolute atomic E-state index is 0.241. The summed E-state index contributed by atoms with van der Waals surface area (Å²) in [4.78, 5) is 19.0. The highest BCUT2D eigenvalue weighted by Crippen LogP contribution is 2.35. The maximum absolute atomic E-state index is 13.8. The number of amides is 2. The molecule has 6 heteroatoms. The molecule has 1 spiro atoms. The summed E-state index contributed by atoms with van der Waals surface area (Å²) in [5, 5.41) is 4.55. The molecule has 1 saturated heterocycles. The Bertz CT molecular complexity index is 678. The van der Waals surface area contributed by atoms with Crippen LogP contribution < -0.4 is 15.5 Å². The quantitative estimate of drug-likeness (QED) is 0.829. The molecule has 2 amide bonds. The third kappa shape index (κ3) is 3.09. The number of halogens is 1. The molecule has 4 rings (SSSR count). The van der Waals surface area contributed by atoms with Crippen molar-refractivity contribution in [3.63, 3.8) is 0 Å². The van der Waals surface area contributed by atoms with E-state index in [-0.39, 0.29) is 11.8 Å². The molecule has 2 aliphatic heterocycles. The van der Waals surface area contributed by atoms with Gasteiger partial charge in [-0.2, -0.15) is 0 Å². The van der Waals surface area contributed by atoms with E-state index in [0.717, 1.165) is 31.8 Å². The van der Waals surface area contributed by atoms with Crippen molar-refractivity contribution in [1.29, 1.82) is 0 Å². The first-order valence-electron chi connectivity index (χ1n) is 9.54. The summed E-state index contributed by atoms with van der Waals surface area (Å²) in [6.07, 6.45) is 7.96. The molecule has 0 bridgehead atoms. The van der Waals surface area contributed by atoms with Gasteiger partial charge in [-0.3, -0.25) is 10.2 Å². The van der Waals surface area contributed by atoms with Gasteiger partial charge >= 0.3 is 6.03 Å². The Morgan fingerprint density at radius 1 is 1.20 bits per heavy atom. The van der Waals surface area contributed by atoms with Crippen molar-refractivity contribution in [2.45, 2.75) is 56.5 Å². The molecule has 1 saturated carbocycles. The van der Waals surface area contributed by atoms with Crippen molar-refractivity contribution in [2.75, 3.05) is 18.0 Å². The summed E-state index contributed by atoms with van der Waals surface area (Å²) >= 11 is 0. The van der Waals surface area contributed by atoms with Crippen LogP contribution in [0.4, 0.5) is 14.9 Å². The highest BCUT2D eigenvalue weighted by molar-refractivity contribution is 6.13. The average Bonchev–Trinajstić information content (AvgIpc) is 2.87. The number of nitrogens with zero attached hydrogens (tertiary/aromatic N) is 2. The fourth-order valence-electron chi connectivity index (χ4n) is 4.67. The van der Waals surface area contributed by atoms with E-state index in [4.69, 9.17) is 0 Å². The molecule has 5 nitrogen and oxygen atoms in total. The SMILES string of the molecule is O=C1N=C([NH2+]C2CCCCC2)C2(CC[NH2+]CC2)N1c1cccc(F)c1. The van der Waals surface area contributed by atoms with E-state index >= 15 is 0 Å². The second kappa shape index (κ2) is 6.84. The van der Waals surface area contributed by atoms with Gasteiger partial charge in [0, 0.05) is 18.5 Å². The predicted octanol–water partition coefficient (Wildman–Crippen LogP) is 1.16. The van der Waals surface area contributed by atoms with E-state index in [1.807, 2.05) is 6.07 Å². The number of amidine groups is 1. The summed E-state index contributed by atoms with van der Waals surface area (Å²) in [5.74, 6) is 0.620. The Kier molecular flexibility index (Phi) is 4.56. The lowest BCUT2D eigenvalue weighted by Gasteiger charge is -2.39. The molecule has 0 unspecified atom stereocenters. The predicted molar refractivity (Wildman–Crippen MR) is 94.1 cm³/mol. The van der Waals surface area contributed by atoms with Crippen molar-refractivity contribution in [3.8, 4) is 0 Å². The monoisotopic (exact) mass is 346 g/mol. The van der Waals surface area contributed by atoms with E-state index < -0.39 is 5.54 Å². The second-order valence-electron chi connectivity index (χ2n) is 7.56. The first-order chi connectivity index (χ1) is 12.2. The van der Waals surface area contributed by atoms with Gasteiger partial charge in [-0.15, -0.1) is 4.99 Å². The van der Waals surface area contributed by atoms with Crippen molar-refractivity contribution in [2.24, 2.45) is 4.99 Å². The topological polar surface area (TPSA) is 65.9 Å². The van der Waals surface area contributed by atoms with Gasteiger partial charge in [-0.25, -0.2) is 9.18 Å². The minimum Gasteiger partial charge on any atom is -0.346 e. The standard InChI is InChI=1S/C19H25FN4O/c20-14-5-4-8-16(13-14)24-18(25)23-17(19(24)9-11-21-12-10-19)22-15-6-2-1-3-7-15/h4-5,8,13,15,21H,1-3,6-7,9-12H2,(H,22,23,25)/p+2. The Morgan fingerprint density at radius 2 is 1.96 bits per heavy atom. The van der Waals surface area contributed by atoms with Gasteiger partial charge in [0.2, 0.25) is 5.84 Å². The lowest BCUT2D eigenvalue weighted by Crippen LogP contribution is -2.99. The van der Waals surface area contributed by atoms with Crippen LogP contribution in [-0.2, 0) is 0 Å².